The van der Waals surface area contributed by atoms with Crippen molar-refractivity contribution in [1.29, 1.82) is 0 Å². The molecular weight excluding hydrogens is 258 g/mol. The van der Waals surface area contributed by atoms with Gasteiger partial charge in [0.25, 0.3) is 0 Å². The first kappa shape index (κ1) is 869. The first-order valence-electron chi connectivity index (χ1n) is 0. The summed E-state index contributed by atoms with van der Waals surface area (Å²) in [6.07, 6.45) is 0. The summed E-state index contributed by atoms with van der Waals surface area (Å²) in [5, 5.41) is 0. The molecule has 0 atom stereocenters. The molecule has 0 aliphatic carbocycles. The maximum Gasteiger partial charge on any atom is 0 e. The molecule has 0 bridgehead atoms. The van der Waals surface area contributed by atoms with Crippen LogP contribution in [0.4, 0.5) is 0 Å². The van der Waals surface area contributed by atoms with Crippen LogP contribution in [0.15, 0.2) is 0 Å². The molecular formula is H12Cl3FeO6-3. The predicted molar refractivity (Wildman–Crippen MR) is 21.7 cm³/mol. The third-order valence-corrected chi connectivity index (χ3v) is 0. The van der Waals surface area contributed by atoms with E-state index in [4.69, 9.17) is 0 Å². The van der Waals surface area contributed by atoms with E-state index in [0.29, 0.717) is 0 Å². The average Bonchev–Trinajstić information content (AvgIpc) is 0. The molecule has 0 rings (SSSR count). The van der Waals surface area contributed by atoms with Crippen LogP contribution in [0.25, 0.3) is 0 Å². The fourth-order valence-electron chi connectivity index (χ4n) is 0. The van der Waals surface area contributed by atoms with Gasteiger partial charge in [0.05, 0.1) is 0 Å². The van der Waals surface area contributed by atoms with Gasteiger partial charge >= 0.3 is 0 Å². The van der Waals surface area contributed by atoms with Crippen molar-refractivity contribution in [2.45, 2.75) is 0 Å². The van der Waals surface area contributed by atoms with Gasteiger partial charge in [-0.25, -0.2) is 0 Å². The van der Waals surface area contributed by atoms with Gasteiger partial charge in [-0.1, -0.05) is 0 Å². The molecule has 0 radical (unpaired) electrons. The Kier molecular flexibility index (Phi) is 55900. The summed E-state index contributed by atoms with van der Waals surface area (Å²) in [4.78, 5) is 0. The zero-order valence-corrected chi connectivity index (χ0v) is 7.86. The Morgan fingerprint density at radius 2 is 0.300 bits per heavy atom. The van der Waals surface area contributed by atoms with Crippen LogP contribution in [0.2, 0.25) is 0 Å². The Morgan fingerprint density at radius 3 is 0.300 bits per heavy atom. The molecule has 0 heterocycles. The van der Waals surface area contributed by atoms with Gasteiger partial charge < -0.3 is 70.1 Å². The summed E-state index contributed by atoms with van der Waals surface area (Å²) in [5.41, 5.74) is 0. The van der Waals surface area contributed by atoms with Gasteiger partial charge in [0, 0.05) is 17.1 Å². The Labute approximate surface area is 87.3 Å². The van der Waals surface area contributed by atoms with E-state index in [1.54, 1.807) is 0 Å². The molecule has 0 aromatic carbocycles. The van der Waals surface area contributed by atoms with Crippen LogP contribution in [-0.4, -0.2) is 32.9 Å². The molecule has 0 aliphatic heterocycles. The van der Waals surface area contributed by atoms with Crippen molar-refractivity contribution in [2.75, 3.05) is 0 Å². The van der Waals surface area contributed by atoms with Gasteiger partial charge in [-0.3, -0.25) is 0 Å². The van der Waals surface area contributed by atoms with E-state index >= 15 is 0 Å². The van der Waals surface area contributed by atoms with Crippen LogP contribution in [0.1, 0.15) is 0 Å². The number of halogens is 3. The molecule has 80 valence electrons. The van der Waals surface area contributed by atoms with E-state index in [-0.39, 0.29) is 87.1 Å². The number of hydrogen-bond acceptors (Lipinski definition) is 0. The molecule has 0 aromatic rings. The van der Waals surface area contributed by atoms with Crippen molar-refractivity contribution in [3.8, 4) is 0 Å². The van der Waals surface area contributed by atoms with Crippen molar-refractivity contribution in [2.24, 2.45) is 0 Å². The van der Waals surface area contributed by atoms with E-state index in [1.165, 1.54) is 0 Å². The third-order valence-electron chi connectivity index (χ3n) is 0. The predicted octanol–water partition coefficient (Wildman–Crippen LogP) is -13.9. The van der Waals surface area contributed by atoms with Crippen molar-refractivity contribution in [1.82, 2.24) is 0 Å². The van der Waals surface area contributed by atoms with Gasteiger partial charge in [-0.2, -0.15) is 0 Å². The Bertz CT molecular complexity index is 13.0. The molecule has 6 nitrogen and oxygen atoms in total. The molecule has 0 aromatic heterocycles. The van der Waals surface area contributed by atoms with Gasteiger partial charge in [-0.15, -0.1) is 0 Å². The monoisotopic (exact) mass is 269 g/mol. The Morgan fingerprint density at radius 1 is 0.300 bits per heavy atom. The largest absolute Gasteiger partial charge is 1.00 e. The fourth-order valence-corrected chi connectivity index (χ4v) is 0. The van der Waals surface area contributed by atoms with Crippen LogP contribution in [0.5, 0.6) is 0 Å². The third kappa shape index (κ3) is 460. The first-order valence-corrected chi connectivity index (χ1v) is 0. The van der Waals surface area contributed by atoms with Crippen LogP contribution < -0.4 is 37.2 Å². The van der Waals surface area contributed by atoms with Crippen LogP contribution in [0, 0.1) is 0 Å². The maximum atomic E-state index is 0. The smallest absolute Gasteiger partial charge is 0 e. The number of hydrogen-bond donors (Lipinski definition) is 0. The molecule has 12 N–H and O–H groups in total. The molecule has 0 amide bonds. The van der Waals surface area contributed by atoms with Gasteiger partial charge in [0.1, 0.15) is 0 Å². The molecule has 0 fully saturated rings. The van der Waals surface area contributed by atoms with E-state index < -0.39 is 0 Å². The van der Waals surface area contributed by atoms with Crippen molar-refractivity contribution >= 4 is 0 Å². The molecule has 0 saturated heterocycles. The standard InChI is InChI=1S/3ClH.Fe.6H2O/h3*1H;;6*1H2/p-3. The maximum absolute atomic E-state index is 0. The topological polar surface area (TPSA) is 189 Å². The van der Waals surface area contributed by atoms with Crippen LogP contribution >= 0.6 is 0 Å². The minimum Gasteiger partial charge on any atom is -1.00 e. The average molecular weight is 270 g/mol. The summed E-state index contributed by atoms with van der Waals surface area (Å²) >= 11 is 0. The zero-order chi connectivity index (χ0) is 0. The van der Waals surface area contributed by atoms with Gasteiger partial charge in [0.15, 0.2) is 0 Å². The molecule has 0 spiro atoms. The van der Waals surface area contributed by atoms with Gasteiger partial charge in [0.2, 0.25) is 0 Å². The van der Waals surface area contributed by atoms with Crippen LogP contribution in [0.3, 0.4) is 0 Å². The van der Waals surface area contributed by atoms with E-state index in [9.17, 15) is 0 Å². The van der Waals surface area contributed by atoms with E-state index in [1.807, 2.05) is 0 Å². The zero-order valence-electron chi connectivity index (χ0n) is 4.49. The summed E-state index contributed by atoms with van der Waals surface area (Å²) in [5.74, 6) is 0. The summed E-state index contributed by atoms with van der Waals surface area (Å²) in [6, 6.07) is 0. The number of rotatable bonds is 0. The summed E-state index contributed by atoms with van der Waals surface area (Å²) in [7, 11) is 0. The first-order chi connectivity index (χ1) is 0. The van der Waals surface area contributed by atoms with Crippen molar-refractivity contribution in [3.05, 3.63) is 0 Å². The normalized spacial score (nSPS) is 0. The molecule has 10 heteroatoms. The molecule has 0 saturated carbocycles. The van der Waals surface area contributed by atoms with Gasteiger partial charge in [-0.05, 0) is 0 Å². The Balaban J connectivity index is 0. The van der Waals surface area contributed by atoms with Crippen LogP contribution in [-0.2, 0) is 17.1 Å². The quantitative estimate of drug-likeness (QED) is 0.378. The summed E-state index contributed by atoms with van der Waals surface area (Å²) in [6.45, 7) is 0. The van der Waals surface area contributed by atoms with E-state index in [2.05, 4.69) is 0 Å². The molecule has 0 unspecified atom stereocenters. The second-order valence-electron chi connectivity index (χ2n) is 0. The Hall–Kier alpha value is 1.15. The SMILES string of the molecule is O.O.O.O.O.O.[Cl-].[Cl-].[Cl-].[Fe]. The molecule has 10 heavy (non-hydrogen) atoms. The molecule has 0 aliphatic rings. The second kappa shape index (κ2) is 643. The van der Waals surface area contributed by atoms with Crippen molar-refractivity contribution < 1.29 is 87.1 Å². The fraction of sp³-hybridized carbons (Fsp3) is 0. The minimum absolute atomic E-state index is 0. The minimum atomic E-state index is 0. The second-order valence-corrected chi connectivity index (χ2v) is 0. The summed E-state index contributed by atoms with van der Waals surface area (Å²) < 4.78 is 0. The van der Waals surface area contributed by atoms with E-state index in [0.717, 1.165) is 0 Å². The van der Waals surface area contributed by atoms with Crippen molar-refractivity contribution in [3.63, 3.8) is 0 Å².